The minimum absolute atomic E-state index is 0.188. The average Bonchev–Trinajstić information content (AvgIpc) is 3.18. The Balaban J connectivity index is 1.38. The van der Waals surface area contributed by atoms with Crippen LogP contribution in [0.1, 0.15) is 50.8 Å². The molecule has 1 aliphatic heterocycles. The third kappa shape index (κ3) is 4.72. The number of nitrogens with zero attached hydrogens (tertiary/aromatic N) is 4. The SMILES string of the molecule is Cc1cc(-c2cc(F)c3nc(C4CCN(C(=O)OC(C)(C)C)CC4)ccc3c2)cc2cn(C)nc12. The fourth-order valence-corrected chi connectivity index (χ4v) is 4.88. The van der Waals surface area contributed by atoms with E-state index in [4.69, 9.17) is 9.72 Å². The fourth-order valence-electron chi connectivity index (χ4n) is 4.88. The van der Waals surface area contributed by atoms with Crippen LogP contribution in [-0.2, 0) is 11.8 Å². The first-order valence-corrected chi connectivity index (χ1v) is 12.1. The lowest BCUT2D eigenvalue weighted by molar-refractivity contribution is 0.0204. The first kappa shape index (κ1) is 23.3. The van der Waals surface area contributed by atoms with Crippen molar-refractivity contribution < 1.29 is 13.9 Å². The highest BCUT2D eigenvalue weighted by molar-refractivity contribution is 5.90. The van der Waals surface area contributed by atoms with Crippen LogP contribution >= 0.6 is 0 Å². The van der Waals surface area contributed by atoms with Crippen LogP contribution in [0.5, 0.6) is 0 Å². The number of halogens is 1. The monoisotopic (exact) mass is 474 g/mol. The van der Waals surface area contributed by atoms with Crippen LogP contribution < -0.4 is 0 Å². The van der Waals surface area contributed by atoms with Crippen molar-refractivity contribution in [2.75, 3.05) is 13.1 Å². The number of aromatic nitrogens is 3. The van der Waals surface area contributed by atoms with Crippen molar-refractivity contribution in [3.63, 3.8) is 0 Å². The normalized spacial score (nSPS) is 15.2. The number of amides is 1. The Bertz CT molecular complexity index is 1430. The maximum atomic E-state index is 15.3. The minimum atomic E-state index is -0.507. The quantitative estimate of drug-likeness (QED) is 0.340. The molecular weight excluding hydrogens is 443 g/mol. The lowest BCUT2D eigenvalue weighted by Crippen LogP contribution is -2.41. The Labute approximate surface area is 204 Å². The number of ether oxygens (including phenoxy) is 1. The fraction of sp³-hybridized carbons (Fsp3) is 0.393. The summed E-state index contributed by atoms with van der Waals surface area (Å²) in [6.45, 7) is 8.85. The molecule has 182 valence electrons. The smallest absolute Gasteiger partial charge is 0.410 e. The molecule has 5 rings (SSSR count). The van der Waals surface area contributed by atoms with E-state index in [1.807, 2.05) is 59.1 Å². The molecule has 0 atom stereocenters. The van der Waals surface area contributed by atoms with E-state index < -0.39 is 5.60 Å². The Morgan fingerprint density at radius 3 is 2.43 bits per heavy atom. The van der Waals surface area contributed by atoms with Gasteiger partial charge in [0.2, 0.25) is 0 Å². The third-order valence-corrected chi connectivity index (χ3v) is 6.58. The van der Waals surface area contributed by atoms with Crippen molar-refractivity contribution in [3.05, 3.63) is 59.7 Å². The molecule has 7 heteroatoms. The minimum Gasteiger partial charge on any atom is -0.444 e. The molecule has 0 aliphatic carbocycles. The first-order chi connectivity index (χ1) is 16.6. The Hall–Kier alpha value is -3.48. The van der Waals surface area contributed by atoms with Gasteiger partial charge >= 0.3 is 6.09 Å². The number of aryl methyl sites for hydroxylation is 2. The second-order valence-electron chi connectivity index (χ2n) is 10.5. The van der Waals surface area contributed by atoms with E-state index >= 15 is 4.39 Å². The first-order valence-electron chi connectivity index (χ1n) is 12.1. The molecule has 0 saturated carbocycles. The van der Waals surface area contributed by atoms with E-state index in [-0.39, 0.29) is 17.8 Å². The summed E-state index contributed by atoms with van der Waals surface area (Å²) < 4.78 is 22.6. The zero-order chi connectivity index (χ0) is 24.9. The predicted octanol–water partition coefficient (Wildman–Crippen LogP) is 6.35. The van der Waals surface area contributed by atoms with Gasteiger partial charge in [0.25, 0.3) is 0 Å². The second-order valence-corrected chi connectivity index (χ2v) is 10.5. The Kier molecular flexibility index (Phi) is 5.74. The summed E-state index contributed by atoms with van der Waals surface area (Å²) in [5.41, 5.74) is 4.56. The van der Waals surface area contributed by atoms with Crippen LogP contribution in [0.15, 0.2) is 42.6 Å². The summed E-state index contributed by atoms with van der Waals surface area (Å²) >= 11 is 0. The van der Waals surface area contributed by atoms with E-state index in [0.29, 0.717) is 18.6 Å². The van der Waals surface area contributed by atoms with Gasteiger partial charge < -0.3 is 9.64 Å². The van der Waals surface area contributed by atoms with Crippen LogP contribution in [-0.4, -0.2) is 44.4 Å². The second kappa shape index (κ2) is 8.63. The van der Waals surface area contributed by atoms with Crippen LogP contribution in [0.25, 0.3) is 32.9 Å². The number of carbonyl (C=O) groups excluding carboxylic acids is 1. The number of hydrogen-bond acceptors (Lipinski definition) is 4. The van der Waals surface area contributed by atoms with Crippen LogP contribution in [0.3, 0.4) is 0 Å². The molecule has 35 heavy (non-hydrogen) atoms. The molecule has 0 unspecified atom stereocenters. The number of piperidine rings is 1. The molecule has 0 N–H and O–H groups in total. The van der Waals surface area contributed by atoms with Crippen molar-refractivity contribution in [1.82, 2.24) is 19.7 Å². The highest BCUT2D eigenvalue weighted by atomic mass is 19.1. The standard InChI is InChI=1S/C28H31FN4O2/c1-17-12-20(14-22-16-32(5)31-25(17)22)21-13-19-6-7-24(30-26(19)23(29)15-21)18-8-10-33(11-9-18)27(34)35-28(2,3)4/h6-7,12-16,18H,8-11H2,1-5H3. The summed E-state index contributed by atoms with van der Waals surface area (Å²) in [5.74, 6) is -0.137. The van der Waals surface area contributed by atoms with Gasteiger partial charge in [-0.2, -0.15) is 5.10 Å². The largest absolute Gasteiger partial charge is 0.444 e. The summed E-state index contributed by atoms with van der Waals surface area (Å²) in [6.07, 6.45) is 3.26. The third-order valence-electron chi connectivity index (χ3n) is 6.58. The number of benzene rings is 2. The van der Waals surface area contributed by atoms with Crippen molar-refractivity contribution in [3.8, 4) is 11.1 Å². The van der Waals surface area contributed by atoms with Gasteiger partial charge in [0, 0.05) is 48.7 Å². The molecule has 2 aromatic heterocycles. The van der Waals surface area contributed by atoms with E-state index in [1.54, 1.807) is 15.6 Å². The van der Waals surface area contributed by atoms with E-state index in [9.17, 15) is 4.79 Å². The van der Waals surface area contributed by atoms with Gasteiger partial charge in [0.05, 0.1) is 5.52 Å². The molecule has 6 nitrogen and oxygen atoms in total. The zero-order valence-electron chi connectivity index (χ0n) is 20.9. The topological polar surface area (TPSA) is 60.3 Å². The Morgan fingerprint density at radius 2 is 1.71 bits per heavy atom. The van der Waals surface area contributed by atoms with Crippen LogP contribution in [0.4, 0.5) is 9.18 Å². The predicted molar refractivity (Wildman–Crippen MR) is 136 cm³/mol. The van der Waals surface area contributed by atoms with E-state index in [2.05, 4.69) is 17.2 Å². The zero-order valence-corrected chi connectivity index (χ0v) is 20.9. The van der Waals surface area contributed by atoms with Gasteiger partial charge in [-0.05, 0) is 87.6 Å². The maximum absolute atomic E-state index is 15.3. The number of likely N-dealkylation sites (tertiary alicyclic amines) is 1. The van der Waals surface area contributed by atoms with Gasteiger partial charge in [0.1, 0.15) is 16.9 Å². The van der Waals surface area contributed by atoms with Crippen molar-refractivity contribution in [2.45, 2.75) is 52.1 Å². The number of hydrogen-bond donors (Lipinski definition) is 0. The van der Waals surface area contributed by atoms with Gasteiger partial charge in [-0.15, -0.1) is 0 Å². The molecule has 4 aromatic rings. The summed E-state index contributed by atoms with van der Waals surface area (Å²) in [5, 5.41) is 6.32. The number of carbonyl (C=O) groups is 1. The van der Waals surface area contributed by atoms with Crippen molar-refractivity contribution in [1.29, 1.82) is 0 Å². The number of rotatable bonds is 2. The van der Waals surface area contributed by atoms with Crippen LogP contribution in [0, 0.1) is 12.7 Å². The number of pyridine rings is 1. The Morgan fingerprint density at radius 1 is 1.03 bits per heavy atom. The highest BCUT2D eigenvalue weighted by Crippen LogP contribution is 2.33. The molecule has 2 aromatic carbocycles. The summed E-state index contributed by atoms with van der Waals surface area (Å²) in [7, 11) is 1.90. The molecular formula is C28H31FN4O2. The molecule has 1 aliphatic rings. The molecule has 0 radical (unpaired) electrons. The van der Waals surface area contributed by atoms with E-state index in [0.717, 1.165) is 51.5 Å². The van der Waals surface area contributed by atoms with E-state index in [1.165, 1.54) is 0 Å². The highest BCUT2D eigenvalue weighted by Gasteiger charge is 2.28. The van der Waals surface area contributed by atoms with Gasteiger partial charge in [-0.25, -0.2) is 14.2 Å². The van der Waals surface area contributed by atoms with Crippen molar-refractivity contribution >= 4 is 27.9 Å². The molecule has 3 heterocycles. The molecule has 1 saturated heterocycles. The lowest BCUT2D eigenvalue weighted by Gasteiger charge is -2.33. The lowest BCUT2D eigenvalue weighted by atomic mass is 9.92. The van der Waals surface area contributed by atoms with Crippen molar-refractivity contribution in [2.24, 2.45) is 7.05 Å². The summed E-state index contributed by atoms with van der Waals surface area (Å²) in [6, 6.07) is 11.6. The summed E-state index contributed by atoms with van der Waals surface area (Å²) in [4.78, 5) is 18.8. The maximum Gasteiger partial charge on any atom is 0.410 e. The molecule has 0 spiro atoms. The van der Waals surface area contributed by atoms with Gasteiger partial charge in [-0.3, -0.25) is 4.68 Å². The molecule has 0 bridgehead atoms. The number of fused-ring (bicyclic) bond motifs is 2. The van der Waals surface area contributed by atoms with Gasteiger partial charge in [-0.1, -0.05) is 6.07 Å². The van der Waals surface area contributed by atoms with Gasteiger partial charge in [0.15, 0.2) is 0 Å². The molecule has 1 fully saturated rings. The van der Waals surface area contributed by atoms with Crippen LogP contribution in [0.2, 0.25) is 0 Å². The molecule has 1 amide bonds. The average molecular weight is 475 g/mol.